The van der Waals surface area contributed by atoms with Gasteiger partial charge in [-0.25, -0.2) is 0 Å². The van der Waals surface area contributed by atoms with E-state index in [0.717, 1.165) is 18.8 Å². The van der Waals surface area contributed by atoms with Crippen molar-refractivity contribution in [2.45, 2.75) is 16.8 Å². The number of thioether (sulfide) groups is 1. The van der Waals surface area contributed by atoms with Gasteiger partial charge in [0, 0.05) is 49.7 Å². The van der Waals surface area contributed by atoms with Crippen molar-refractivity contribution >= 4 is 29.3 Å². The average molecular weight is 437 g/mol. The zero-order valence-electron chi connectivity index (χ0n) is 16.2. The smallest absolute Gasteiger partial charge is 0.368 e. The number of hydrogen-bond donors (Lipinski definition) is 1. The second-order valence-corrected chi connectivity index (χ2v) is 7.86. The van der Waals surface area contributed by atoms with Crippen LogP contribution in [0.15, 0.2) is 59.5 Å². The van der Waals surface area contributed by atoms with Gasteiger partial charge in [0.05, 0.1) is 5.56 Å². The largest absolute Gasteiger partial charge is 0.446 e. The van der Waals surface area contributed by atoms with Gasteiger partial charge >= 0.3 is 5.51 Å². The van der Waals surface area contributed by atoms with E-state index < -0.39 is 11.4 Å². The number of carbonyl (C=O) groups is 2. The minimum absolute atomic E-state index is 0.0521. The maximum Gasteiger partial charge on any atom is 0.446 e. The standard InChI is InChI=1S/C21H22F3N3O2S/c22-21(23,24)30-18-9-5-4-8-17(18)20(29)25-11-10-19(28)27-14-12-26(13-15-27)16-6-2-1-3-7-16/h1-9H,10-15H2,(H,25,29). The molecule has 2 aromatic carbocycles. The van der Waals surface area contributed by atoms with Crippen LogP contribution in [0.25, 0.3) is 0 Å². The first kappa shape index (κ1) is 22.0. The highest BCUT2D eigenvalue weighted by molar-refractivity contribution is 8.00. The van der Waals surface area contributed by atoms with E-state index in [4.69, 9.17) is 0 Å². The Balaban J connectivity index is 1.46. The van der Waals surface area contributed by atoms with Crippen LogP contribution in [-0.4, -0.2) is 54.9 Å². The molecule has 2 amide bonds. The number of rotatable bonds is 6. The summed E-state index contributed by atoms with van der Waals surface area (Å²) in [7, 11) is 0. The molecule has 1 aliphatic heterocycles. The Morgan fingerprint density at radius 3 is 2.23 bits per heavy atom. The number of amides is 2. The molecule has 0 aliphatic carbocycles. The first-order chi connectivity index (χ1) is 14.3. The minimum Gasteiger partial charge on any atom is -0.368 e. The van der Waals surface area contributed by atoms with Gasteiger partial charge < -0.3 is 15.1 Å². The number of halogens is 3. The lowest BCUT2D eigenvalue weighted by Crippen LogP contribution is -2.49. The maximum atomic E-state index is 12.7. The van der Waals surface area contributed by atoms with Crippen molar-refractivity contribution in [3.05, 3.63) is 60.2 Å². The van der Waals surface area contributed by atoms with E-state index in [2.05, 4.69) is 10.2 Å². The summed E-state index contributed by atoms with van der Waals surface area (Å²) in [6, 6.07) is 15.5. The van der Waals surface area contributed by atoms with Crippen LogP contribution in [-0.2, 0) is 4.79 Å². The number of para-hydroxylation sites is 1. The topological polar surface area (TPSA) is 52.7 Å². The van der Waals surface area contributed by atoms with Gasteiger partial charge in [-0.3, -0.25) is 9.59 Å². The third kappa shape index (κ3) is 6.16. The number of hydrogen-bond acceptors (Lipinski definition) is 4. The van der Waals surface area contributed by atoms with Crippen LogP contribution >= 0.6 is 11.8 Å². The fourth-order valence-electron chi connectivity index (χ4n) is 3.26. The van der Waals surface area contributed by atoms with Gasteiger partial charge in [-0.2, -0.15) is 13.2 Å². The Morgan fingerprint density at radius 1 is 0.933 bits per heavy atom. The molecular weight excluding hydrogens is 415 g/mol. The quantitative estimate of drug-likeness (QED) is 0.700. The molecule has 0 unspecified atom stereocenters. The van der Waals surface area contributed by atoms with Gasteiger partial charge in [0.1, 0.15) is 0 Å². The summed E-state index contributed by atoms with van der Waals surface area (Å²) in [5.74, 6) is -0.704. The van der Waals surface area contributed by atoms with Crippen LogP contribution in [0.5, 0.6) is 0 Å². The third-order valence-corrected chi connectivity index (χ3v) is 5.54. The lowest BCUT2D eigenvalue weighted by atomic mass is 10.2. The first-order valence-corrected chi connectivity index (χ1v) is 10.4. The Labute approximate surface area is 177 Å². The molecule has 9 heteroatoms. The molecule has 1 aliphatic rings. The summed E-state index contributed by atoms with van der Waals surface area (Å²) in [4.78, 5) is 28.5. The molecule has 0 bridgehead atoms. The number of benzene rings is 2. The van der Waals surface area contributed by atoms with Crippen molar-refractivity contribution in [1.29, 1.82) is 0 Å². The molecule has 0 spiro atoms. The first-order valence-electron chi connectivity index (χ1n) is 9.54. The van der Waals surface area contributed by atoms with Crippen LogP contribution in [0.2, 0.25) is 0 Å². The molecule has 1 fully saturated rings. The fraction of sp³-hybridized carbons (Fsp3) is 0.333. The predicted molar refractivity (Wildman–Crippen MR) is 111 cm³/mol. The summed E-state index contributed by atoms with van der Waals surface area (Å²) in [6.07, 6.45) is 0.103. The number of alkyl halides is 3. The Kier molecular flexibility index (Phi) is 7.25. The lowest BCUT2D eigenvalue weighted by molar-refractivity contribution is -0.131. The van der Waals surface area contributed by atoms with E-state index in [1.807, 2.05) is 30.3 Å². The average Bonchev–Trinajstić information content (AvgIpc) is 2.73. The molecule has 160 valence electrons. The molecule has 2 aromatic rings. The van der Waals surface area contributed by atoms with E-state index in [9.17, 15) is 22.8 Å². The zero-order chi connectivity index (χ0) is 21.6. The van der Waals surface area contributed by atoms with Crippen molar-refractivity contribution in [2.24, 2.45) is 0 Å². The van der Waals surface area contributed by atoms with E-state index >= 15 is 0 Å². The number of piperazine rings is 1. The van der Waals surface area contributed by atoms with Crippen LogP contribution in [0, 0.1) is 0 Å². The zero-order valence-corrected chi connectivity index (χ0v) is 17.0. The monoisotopic (exact) mass is 437 g/mol. The van der Waals surface area contributed by atoms with Gasteiger partial charge in [-0.15, -0.1) is 0 Å². The highest BCUT2D eigenvalue weighted by Crippen LogP contribution is 2.38. The van der Waals surface area contributed by atoms with Crippen LogP contribution in [0.1, 0.15) is 16.8 Å². The van der Waals surface area contributed by atoms with E-state index in [1.165, 1.54) is 24.3 Å². The molecule has 3 rings (SSSR count). The lowest BCUT2D eigenvalue weighted by Gasteiger charge is -2.36. The molecule has 0 aromatic heterocycles. The highest BCUT2D eigenvalue weighted by Gasteiger charge is 2.31. The van der Waals surface area contributed by atoms with Crippen LogP contribution in [0.4, 0.5) is 18.9 Å². The maximum absolute atomic E-state index is 12.7. The second kappa shape index (κ2) is 9.88. The number of anilines is 1. The molecular formula is C21H22F3N3O2S. The van der Waals surface area contributed by atoms with Crippen LogP contribution in [0.3, 0.4) is 0 Å². The molecule has 30 heavy (non-hydrogen) atoms. The van der Waals surface area contributed by atoms with E-state index in [0.29, 0.717) is 13.1 Å². The Bertz CT molecular complexity index is 869. The van der Waals surface area contributed by atoms with Crippen molar-refractivity contribution in [3.63, 3.8) is 0 Å². The molecule has 0 radical (unpaired) electrons. The van der Waals surface area contributed by atoms with E-state index in [1.54, 1.807) is 4.90 Å². The molecule has 1 N–H and O–H groups in total. The molecule has 0 atom stereocenters. The molecule has 1 heterocycles. The summed E-state index contributed by atoms with van der Waals surface area (Å²) in [5, 5.41) is 2.55. The van der Waals surface area contributed by atoms with Gasteiger partial charge in [0.15, 0.2) is 0 Å². The number of carbonyl (C=O) groups excluding carboxylic acids is 2. The third-order valence-electron chi connectivity index (χ3n) is 4.74. The van der Waals surface area contributed by atoms with Crippen molar-refractivity contribution in [2.75, 3.05) is 37.6 Å². The van der Waals surface area contributed by atoms with Crippen molar-refractivity contribution in [3.8, 4) is 0 Å². The summed E-state index contributed by atoms with van der Waals surface area (Å²) < 4.78 is 38.0. The van der Waals surface area contributed by atoms with Gasteiger partial charge in [-0.1, -0.05) is 30.3 Å². The van der Waals surface area contributed by atoms with Crippen molar-refractivity contribution < 1.29 is 22.8 Å². The van der Waals surface area contributed by atoms with Gasteiger partial charge in [0.2, 0.25) is 5.91 Å². The molecule has 5 nitrogen and oxygen atoms in total. The van der Waals surface area contributed by atoms with Gasteiger partial charge in [-0.05, 0) is 36.0 Å². The number of nitrogens with one attached hydrogen (secondary N) is 1. The fourth-order valence-corrected chi connectivity index (χ4v) is 3.92. The van der Waals surface area contributed by atoms with Gasteiger partial charge in [0.25, 0.3) is 5.91 Å². The van der Waals surface area contributed by atoms with Crippen LogP contribution < -0.4 is 10.2 Å². The second-order valence-electron chi connectivity index (χ2n) is 6.75. The number of nitrogens with zero attached hydrogens (tertiary/aromatic N) is 2. The minimum atomic E-state index is -4.48. The molecule has 1 saturated heterocycles. The normalized spacial score (nSPS) is 14.5. The highest BCUT2D eigenvalue weighted by atomic mass is 32.2. The Morgan fingerprint density at radius 2 is 1.57 bits per heavy atom. The summed E-state index contributed by atoms with van der Waals surface area (Å²) in [6.45, 7) is 2.70. The summed E-state index contributed by atoms with van der Waals surface area (Å²) in [5.41, 5.74) is -3.41. The Hall–Kier alpha value is -2.68. The summed E-state index contributed by atoms with van der Waals surface area (Å²) >= 11 is -0.324. The predicted octanol–water partition coefficient (Wildman–Crippen LogP) is 3.77. The van der Waals surface area contributed by atoms with Crippen molar-refractivity contribution in [1.82, 2.24) is 10.2 Å². The van der Waals surface area contributed by atoms with E-state index in [-0.39, 0.29) is 41.1 Å². The molecule has 0 saturated carbocycles. The SMILES string of the molecule is O=C(NCCC(=O)N1CCN(c2ccccc2)CC1)c1ccccc1SC(F)(F)F.